The Morgan fingerprint density at radius 1 is 1.42 bits per heavy atom. The summed E-state index contributed by atoms with van der Waals surface area (Å²) in [5.41, 5.74) is 0. The van der Waals surface area contributed by atoms with Crippen LogP contribution in [0, 0.1) is 0 Å². The van der Waals surface area contributed by atoms with Crippen molar-refractivity contribution in [2.24, 2.45) is 0 Å². The molecule has 98 valence electrons. The summed E-state index contributed by atoms with van der Waals surface area (Å²) in [4.78, 5) is 14.2. The fourth-order valence-corrected chi connectivity index (χ4v) is 3.10. The average Bonchev–Trinajstić information content (AvgIpc) is 3.08. The lowest BCUT2D eigenvalue weighted by molar-refractivity contribution is 0.454. The van der Waals surface area contributed by atoms with E-state index in [1.165, 1.54) is 11.8 Å². The maximum absolute atomic E-state index is 5.19. The highest BCUT2D eigenvalue weighted by atomic mass is 32.2. The highest BCUT2D eigenvalue weighted by Crippen LogP contribution is 2.27. The number of nitrogens with zero attached hydrogens (tertiary/aromatic N) is 3. The molecule has 0 unspecified atom stereocenters. The van der Waals surface area contributed by atoms with Crippen LogP contribution in [0.15, 0.2) is 33.5 Å². The molecule has 0 amide bonds. The Morgan fingerprint density at radius 3 is 3.16 bits per heavy atom. The minimum absolute atomic E-state index is 0.639. The molecule has 5 nitrogen and oxygen atoms in total. The van der Waals surface area contributed by atoms with E-state index >= 15 is 0 Å². The Morgan fingerprint density at radius 2 is 2.37 bits per heavy atom. The van der Waals surface area contributed by atoms with E-state index in [9.17, 15) is 0 Å². The van der Waals surface area contributed by atoms with E-state index in [0.717, 1.165) is 28.4 Å². The van der Waals surface area contributed by atoms with Gasteiger partial charge in [0.15, 0.2) is 0 Å². The van der Waals surface area contributed by atoms with Crippen LogP contribution >= 0.6 is 23.1 Å². The lowest BCUT2D eigenvalue weighted by Crippen LogP contribution is -2.03. The number of thioether (sulfide) groups is 1. The Kier molecular flexibility index (Phi) is 3.65. The van der Waals surface area contributed by atoms with E-state index in [0.29, 0.717) is 11.0 Å². The predicted molar refractivity (Wildman–Crippen MR) is 77.6 cm³/mol. The van der Waals surface area contributed by atoms with Gasteiger partial charge in [0.2, 0.25) is 0 Å². The molecule has 0 fully saturated rings. The molecule has 0 bridgehead atoms. The molecule has 0 aliphatic rings. The van der Waals surface area contributed by atoms with Gasteiger partial charge in [-0.15, -0.1) is 11.3 Å². The summed E-state index contributed by atoms with van der Waals surface area (Å²) in [5, 5.41) is 7.03. The zero-order valence-electron chi connectivity index (χ0n) is 10.3. The molecule has 3 aromatic heterocycles. The second-order valence-corrected chi connectivity index (χ2v) is 5.57. The van der Waals surface area contributed by atoms with Gasteiger partial charge in [0, 0.05) is 6.54 Å². The molecule has 19 heavy (non-hydrogen) atoms. The second-order valence-electron chi connectivity index (χ2n) is 3.74. The average molecular weight is 292 g/mol. The van der Waals surface area contributed by atoms with Gasteiger partial charge in [0.1, 0.15) is 22.7 Å². The summed E-state index contributed by atoms with van der Waals surface area (Å²) in [6, 6.07) is 2.04. The first-order chi connectivity index (χ1) is 9.36. The molecule has 0 saturated heterocycles. The first kappa shape index (κ1) is 12.4. The Bertz CT molecular complexity index is 665. The van der Waals surface area contributed by atoms with Gasteiger partial charge in [-0.3, -0.25) is 0 Å². The maximum atomic E-state index is 5.19. The van der Waals surface area contributed by atoms with E-state index in [4.69, 9.17) is 4.42 Å². The largest absolute Gasteiger partial charge is 0.440 e. The van der Waals surface area contributed by atoms with Crippen molar-refractivity contribution in [2.75, 3.05) is 11.9 Å². The number of nitrogens with one attached hydrogen (secondary N) is 1. The summed E-state index contributed by atoms with van der Waals surface area (Å²) in [5.74, 6) is 2.33. The minimum atomic E-state index is 0.639. The van der Waals surface area contributed by atoms with E-state index < -0.39 is 0 Å². The number of aromatic nitrogens is 3. The van der Waals surface area contributed by atoms with Crippen molar-refractivity contribution >= 4 is 39.1 Å². The number of oxazole rings is 1. The zero-order valence-corrected chi connectivity index (χ0v) is 11.9. The fourth-order valence-electron chi connectivity index (χ4n) is 1.67. The predicted octanol–water partition coefficient (Wildman–Crippen LogP) is 3.40. The first-order valence-electron chi connectivity index (χ1n) is 5.87. The summed E-state index contributed by atoms with van der Waals surface area (Å²) in [6.07, 6.45) is 3.20. The highest BCUT2D eigenvalue weighted by molar-refractivity contribution is 7.98. The number of rotatable bonds is 5. The molecule has 0 radical (unpaired) electrons. The van der Waals surface area contributed by atoms with Gasteiger partial charge in [-0.05, 0) is 18.4 Å². The topological polar surface area (TPSA) is 63.8 Å². The third kappa shape index (κ3) is 2.71. The standard InChI is InChI=1S/C12H12N4OS2/c1-2-13-10-8-3-6-18-11(8)16-9(15-10)7-19-12-14-4-5-17-12/h3-6H,2,7H2,1H3,(H,13,15,16). The molecule has 3 heterocycles. The number of anilines is 1. The molecule has 0 atom stereocenters. The van der Waals surface area contributed by atoms with Crippen molar-refractivity contribution in [3.05, 3.63) is 29.7 Å². The second kappa shape index (κ2) is 5.58. The van der Waals surface area contributed by atoms with Crippen LogP contribution < -0.4 is 5.32 Å². The van der Waals surface area contributed by atoms with Crippen LogP contribution in [0.25, 0.3) is 10.2 Å². The van der Waals surface area contributed by atoms with E-state index in [1.54, 1.807) is 23.8 Å². The molecular weight excluding hydrogens is 280 g/mol. The van der Waals surface area contributed by atoms with Crippen LogP contribution in [0.5, 0.6) is 0 Å². The van der Waals surface area contributed by atoms with Crippen LogP contribution in [0.2, 0.25) is 0 Å². The summed E-state index contributed by atoms with van der Waals surface area (Å²) in [7, 11) is 0. The van der Waals surface area contributed by atoms with Crippen molar-refractivity contribution in [1.82, 2.24) is 15.0 Å². The SMILES string of the molecule is CCNc1nc(CSc2ncco2)nc2sccc12. The Balaban J connectivity index is 1.86. The van der Waals surface area contributed by atoms with Crippen LogP contribution in [-0.2, 0) is 5.75 Å². The molecule has 3 rings (SSSR count). The van der Waals surface area contributed by atoms with Gasteiger partial charge in [-0.1, -0.05) is 11.8 Å². The Hall–Kier alpha value is -1.60. The third-order valence-electron chi connectivity index (χ3n) is 2.45. The monoisotopic (exact) mass is 292 g/mol. The van der Waals surface area contributed by atoms with Gasteiger partial charge in [-0.25, -0.2) is 15.0 Å². The van der Waals surface area contributed by atoms with Gasteiger partial charge in [-0.2, -0.15) is 0 Å². The van der Waals surface area contributed by atoms with Crippen molar-refractivity contribution in [2.45, 2.75) is 17.9 Å². The van der Waals surface area contributed by atoms with Crippen LogP contribution in [0.1, 0.15) is 12.7 Å². The summed E-state index contributed by atoms with van der Waals surface area (Å²) < 4.78 is 5.19. The van der Waals surface area contributed by atoms with E-state index in [1.807, 2.05) is 11.4 Å². The summed E-state index contributed by atoms with van der Waals surface area (Å²) >= 11 is 3.12. The van der Waals surface area contributed by atoms with Crippen molar-refractivity contribution in [3.8, 4) is 0 Å². The quantitative estimate of drug-likeness (QED) is 0.727. The van der Waals surface area contributed by atoms with E-state index in [2.05, 4.69) is 27.2 Å². The lowest BCUT2D eigenvalue weighted by atomic mass is 10.3. The molecule has 0 aromatic carbocycles. The Labute approximate surface area is 118 Å². The molecule has 0 aliphatic heterocycles. The van der Waals surface area contributed by atoms with Gasteiger partial charge in [0.25, 0.3) is 5.22 Å². The van der Waals surface area contributed by atoms with Gasteiger partial charge >= 0.3 is 0 Å². The number of thiophene rings is 1. The smallest absolute Gasteiger partial charge is 0.255 e. The molecular formula is C12H12N4OS2. The third-order valence-corrected chi connectivity index (χ3v) is 4.11. The highest BCUT2D eigenvalue weighted by Gasteiger charge is 2.09. The molecule has 0 saturated carbocycles. The van der Waals surface area contributed by atoms with Crippen LogP contribution in [0.4, 0.5) is 5.82 Å². The lowest BCUT2D eigenvalue weighted by Gasteiger charge is -2.06. The normalized spacial score (nSPS) is 11.0. The molecule has 0 spiro atoms. The van der Waals surface area contributed by atoms with Gasteiger partial charge in [0.05, 0.1) is 17.3 Å². The summed E-state index contributed by atoms with van der Waals surface area (Å²) in [6.45, 7) is 2.90. The van der Waals surface area contributed by atoms with Crippen LogP contribution in [0.3, 0.4) is 0 Å². The van der Waals surface area contributed by atoms with Crippen molar-refractivity contribution in [3.63, 3.8) is 0 Å². The molecule has 7 heteroatoms. The fraction of sp³-hybridized carbons (Fsp3) is 0.250. The van der Waals surface area contributed by atoms with E-state index in [-0.39, 0.29) is 0 Å². The molecule has 1 N–H and O–H groups in total. The minimum Gasteiger partial charge on any atom is -0.440 e. The number of hydrogen-bond donors (Lipinski definition) is 1. The zero-order chi connectivity index (χ0) is 13.1. The van der Waals surface area contributed by atoms with Crippen molar-refractivity contribution in [1.29, 1.82) is 0 Å². The molecule has 3 aromatic rings. The van der Waals surface area contributed by atoms with Crippen molar-refractivity contribution < 1.29 is 4.42 Å². The first-order valence-corrected chi connectivity index (χ1v) is 7.73. The van der Waals surface area contributed by atoms with Gasteiger partial charge < -0.3 is 9.73 Å². The maximum Gasteiger partial charge on any atom is 0.255 e. The number of hydrogen-bond acceptors (Lipinski definition) is 7. The number of fused-ring (bicyclic) bond motifs is 1. The molecule has 0 aliphatic carbocycles. The van der Waals surface area contributed by atoms with Crippen LogP contribution in [-0.4, -0.2) is 21.5 Å².